The summed E-state index contributed by atoms with van der Waals surface area (Å²) < 4.78 is 0. The van der Waals surface area contributed by atoms with Crippen LogP contribution in [0.4, 0.5) is 5.13 Å². The summed E-state index contributed by atoms with van der Waals surface area (Å²) in [6.07, 6.45) is 4.39. The van der Waals surface area contributed by atoms with Gasteiger partial charge in [-0.1, -0.05) is 36.8 Å². The lowest BCUT2D eigenvalue weighted by Crippen LogP contribution is -2.44. The van der Waals surface area contributed by atoms with E-state index in [2.05, 4.69) is 17.2 Å². The number of hydrogen-bond acceptors (Lipinski definition) is 5. The van der Waals surface area contributed by atoms with Crippen LogP contribution < -0.4 is 5.32 Å². The van der Waals surface area contributed by atoms with Crippen molar-refractivity contribution in [2.45, 2.75) is 45.6 Å². The zero-order valence-electron chi connectivity index (χ0n) is 16.4. The van der Waals surface area contributed by atoms with Crippen LogP contribution in [0.25, 0.3) is 11.3 Å². The standard InChI is InChI=1S/C21H27N3O2S2/c1-3-17-6-4-5-11-24(17)20(26)14-27-13-19(25)23-21-22-18(12-28-21)16-9-7-15(2)8-10-16/h7-10,12,17H,3-6,11,13-14H2,1-2H3,(H,22,23,25). The van der Waals surface area contributed by atoms with Crippen LogP contribution in [-0.4, -0.2) is 45.8 Å². The Hall–Kier alpha value is -1.86. The predicted octanol–water partition coefficient (Wildman–Crippen LogP) is 4.58. The van der Waals surface area contributed by atoms with E-state index in [1.54, 1.807) is 0 Å². The Morgan fingerprint density at radius 2 is 2.04 bits per heavy atom. The van der Waals surface area contributed by atoms with Crippen molar-refractivity contribution in [3.63, 3.8) is 0 Å². The van der Waals surface area contributed by atoms with E-state index in [1.165, 1.54) is 35.1 Å². The van der Waals surface area contributed by atoms with E-state index in [4.69, 9.17) is 0 Å². The molecule has 1 unspecified atom stereocenters. The number of aromatic nitrogens is 1. The van der Waals surface area contributed by atoms with Gasteiger partial charge in [0.25, 0.3) is 0 Å². The SMILES string of the molecule is CCC1CCCCN1C(=O)CSCC(=O)Nc1nc(-c2ccc(C)cc2)cs1. The minimum atomic E-state index is -0.117. The first-order chi connectivity index (χ1) is 13.6. The number of anilines is 1. The van der Waals surface area contributed by atoms with Crippen molar-refractivity contribution in [1.29, 1.82) is 0 Å². The number of rotatable bonds is 7. The number of amides is 2. The van der Waals surface area contributed by atoms with Gasteiger partial charge < -0.3 is 10.2 Å². The summed E-state index contributed by atoms with van der Waals surface area (Å²) in [6.45, 7) is 5.04. The zero-order valence-corrected chi connectivity index (χ0v) is 18.1. The summed E-state index contributed by atoms with van der Waals surface area (Å²) in [6, 6.07) is 8.52. The Morgan fingerprint density at radius 1 is 1.25 bits per heavy atom. The minimum Gasteiger partial charge on any atom is -0.339 e. The van der Waals surface area contributed by atoms with E-state index in [9.17, 15) is 9.59 Å². The monoisotopic (exact) mass is 417 g/mol. The molecule has 1 aliphatic rings. The minimum absolute atomic E-state index is 0.117. The number of thioether (sulfide) groups is 1. The normalized spacial score (nSPS) is 16.8. The van der Waals surface area contributed by atoms with Gasteiger partial charge in [-0.3, -0.25) is 9.59 Å². The number of benzene rings is 1. The highest BCUT2D eigenvalue weighted by atomic mass is 32.2. The second-order valence-corrected chi connectivity index (χ2v) is 8.93. The average molecular weight is 418 g/mol. The van der Waals surface area contributed by atoms with Crippen LogP contribution in [0.1, 0.15) is 38.2 Å². The molecular weight excluding hydrogens is 390 g/mol. The van der Waals surface area contributed by atoms with E-state index in [0.717, 1.165) is 37.1 Å². The molecule has 1 saturated heterocycles. The molecule has 2 aromatic rings. The number of nitrogens with zero attached hydrogens (tertiary/aromatic N) is 2. The molecule has 3 rings (SSSR count). The Kier molecular flexibility index (Phi) is 7.50. The molecule has 0 radical (unpaired) electrons. The fourth-order valence-corrected chi connectivity index (χ4v) is 4.85. The fourth-order valence-electron chi connectivity index (χ4n) is 3.41. The van der Waals surface area contributed by atoms with E-state index >= 15 is 0 Å². The lowest BCUT2D eigenvalue weighted by atomic mass is 10.0. The van der Waals surface area contributed by atoms with Crippen LogP contribution in [0, 0.1) is 6.92 Å². The number of thiazole rings is 1. The van der Waals surface area contributed by atoms with Gasteiger partial charge >= 0.3 is 0 Å². The molecule has 0 saturated carbocycles. The molecule has 150 valence electrons. The van der Waals surface area contributed by atoms with Gasteiger partial charge in [-0.25, -0.2) is 4.98 Å². The maximum atomic E-state index is 12.5. The predicted molar refractivity (Wildman–Crippen MR) is 118 cm³/mol. The van der Waals surface area contributed by atoms with Crippen molar-refractivity contribution in [2.75, 3.05) is 23.4 Å². The van der Waals surface area contributed by atoms with Crippen molar-refractivity contribution in [1.82, 2.24) is 9.88 Å². The number of carbonyl (C=O) groups excluding carboxylic acids is 2. The molecule has 0 bridgehead atoms. The lowest BCUT2D eigenvalue weighted by molar-refractivity contribution is -0.132. The molecule has 5 nitrogen and oxygen atoms in total. The van der Waals surface area contributed by atoms with Crippen LogP contribution >= 0.6 is 23.1 Å². The largest absolute Gasteiger partial charge is 0.339 e. The van der Waals surface area contributed by atoms with Crippen LogP contribution in [0.3, 0.4) is 0 Å². The van der Waals surface area contributed by atoms with Crippen molar-refractivity contribution in [2.24, 2.45) is 0 Å². The highest BCUT2D eigenvalue weighted by Gasteiger charge is 2.25. The van der Waals surface area contributed by atoms with Crippen molar-refractivity contribution >= 4 is 40.0 Å². The maximum Gasteiger partial charge on any atom is 0.236 e. The molecule has 2 heterocycles. The van der Waals surface area contributed by atoms with Crippen LogP contribution in [0.5, 0.6) is 0 Å². The summed E-state index contributed by atoms with van der Waals surface area (Å²) in [7, 11) is 0. The van der Waals surface area contributed by atoms with Gasteiger partial charge in [0.1, 0.15) is 0 Å². The Labute approximate surface area is 174 Å². The van der Waals surface area contributed by atoms with E-state index < -0.39 is 0 Å². The lowest BCUT2D eigenvalue weighted by Gasteiger charge is -2.35. The third-order valence-electron chi connectivity index (χ3n) is 4.98. The van der Waals surface area contributed by atoms with Crippen molar-refractivity contribution < 1.29 is 9.59 Å². The highest BCUT2D eigenvalue weighted by molar-refractivity contribution is 8.00. The first kappa shape index (κ1) is 20.9. The number of likely N-dealkylation sites (tertiary alicyclic amines) is 1. The summed E-state index contributed by atoms with van der Waals surface area (Å²) in [5.74, 6) is 0.653. The third kappa shape index (κ3) is 5.58. The number of piperidine rings is 1. The smallest absolute Gasteiger partial charge is 0.236 e. The van der Waals surface area contributed by atoms with Crippen LogP contribution in [0.15, 0.2) is 29.6 Å². The molecule has 28 heavy (non-hydrogen) atoms. The average Bonchev–Trinajstić information content (AvgIpc) is 3.16. The van der Waals surface area contributed by atoms with E-state index in [0.29, 0.717) is 16.9 Å². The van der Waals surface area contributed by atoms with Crippen LogP contribution in [0.2, 0.25) is 0 Å². The fraction of sp³-hybridized carbons (Fsp3) is 0.476. The summed E-state index contributed by atoms with van der Waals surface area (Å²) in [5.41, 5.74) is 3.10. The molecule has 0 aliphatic carbocycles. The molecule has 7 heteroatoms. The van der Waals surface area contributed by atoms with Gasteiger partial charge in [-0.2, -0.15) is 0 Å². The first-order valence-electron chi connectivity index (χ1n) is 9.76. The van der Waals surface area contributed by atoms with Gasteiger partial charge in [0.05, 0.1) is 17.2 Å². The molecule has 1 atom stereocenters. The highest BCUT2D eigenvalue weighted by Crippen LogP contribution is 2.25. The van der Waals surface area contributed by atoms with Crippen molar-refractivity contribution in [3.8, 4) is 11.3 Å². The summed E-state index contributed by atoms with van der Waals surface area (Å²) in [4.78, 5) is 31.1. The number of hydrogen-bond donors (Lipinski definition) is 1. The van der Waals surface area contributed by atoms with Gasteiger partial charge in [0, 0.05) is 23.5 Å². The molecule has 2 amide bonds. The van der Waals surface area contributed by atoms with Gasteiger partial charge in [-0.15, -0.1) is 23.1 Å². The Morgan fingerprint density at radius 3 is 2.79 bits per heavy atom. The number of nitrogens with one attached hydrogen (secondary N) is 1. The third-order valence-corrected chi connectivity index (χ3v) is 6.65. The molecule has 1 aromatic heterocycles. The van der Waals surface area contributed by atoms with Gasteiger partial charge in [-0.05, 0) is 32.6 Å². The molecule has 1 fully saturated rings. The first-order valence-corrected chi connectivity index (χ1v) is 11.8. The molecule has 1 N–H and O–H groups in total. The molecule has 1 aliphatic heterocycles. The zero-order chi connectivity index (χ0) is 19.9. The molecule has 1 aromatic carbocycles. The van der Waals surface area contributed by atoms with Gasteiger partial charge in [0.2, 0.25) is 11.8 Å². The second kappa shape index (κ2) is 10.1. The summed E-state index contributed by atoms with van der Waals surface area (Å²) in [5, 5.41) is 5.37. The number of aryl methyl sites for hydroxylation is 1. The quantitative estimate of drug-likeness (QED) is 0.716. The van der Waals surface area contributed by atoms with Crippen molar-refractivity contribution in [3.05, 3.63) is 35.2 Å². The Balaban J connectivity index is 1.44. The summed E-state index contributed by atoms with van der Waals surface area (Å²) >= 11 is 2.79. The van der Waals surface area contributed by atoms with Gasteiger partial charge in [0.15, 0.2) is 5.13 Å². The maximum absolute atomic E-state index is 12.5. The Bertz CT molecular complexity index is 804. The topological polar surface area (TPSA) is 62.3 Å². The van der Waals surface area contributed by atoms with E-state index in [-0.39, 0.29) is 17.6 Å². The van der Waals surface area contributed by atoms with Crippen LogP contribution in [-0.2, 0) is 9.59 Å². The second-order valence-electron chi connectivity index (χ2n) is 7.09. The molecular formula is C21H27N3O2S2. The number of carbonyl (C=O) groups is 2. The molecule has 0 spiro atoms. The van der Waals surface area contributed by atoms with E-state index in [1.807, 2.05) is 41.5 Å².